The molecule has 0 aliphatic carbocycles. The van der Waals surface area contributed by atoms with Gasteiger partial charge >= 0.3 is 0 Å². The lowest BCUT2D eigenvalue weighted by molar-refractivity contribution is 0.493. The molecule has 0 bridgehead atoms. The molecule has 0 saturated carbocycles. The molecule has 0 saturated heterocycles. The number of halogens is 1. The van der Waals surface area contributed by atoms with Crippen LogP contribution in [0.25, 0.3) is 0 Å². The number of guanidine groups is 1. The van der Waals surface area contributed by atoms with Gasteiger partial charge < -0.3 is 11.1 Å². The molecule has 24 heavy (non-hydrogen) atoms. The first-order valence-electron chi connectivity index (χ1n) is 8.42. The summed E-state index contributed by atoms with van der Waals surface area (Å²) >= 11 is 0. The van der Waals surface area contributed by atoms with Crippen LogP contribution in [0.4, 0.5) is 0 Å². The summed E-state index contributed by atoms with van der Waals surface area (Å²) in [5, 5.41) is 3.21. The normalized spacial score (nSPS) is 14.1. The van der Waals surface area contributed by atoms with E-state index in [0.29, 0.717) is 30.1 Å². The van der Waals surface area contributed by atoms with Crippen LogP contribution in [0.1, 0.15) is 45.6 Å². The maximum absolute atomic E-state index is 12.0. The van der Waals surface area contributed by atoms with Crippen molar-refractivity contribution in [1.29, 1.82) is 0 Å². The summed E-state index contributed by atoms with van der Waals surface area (Å²) in [6, 6.07) is 10.2. The highest BCUT2D eigenvalue weighted by atomic mass is 127. The number of nitrogens with two attached hydrogens (primary N) is 1. The molecule has 0 aliphatic rings. The number of nitrogens with zero attached hydrogens (tertiary/aromatic N) is 1. The molecule has 0 heterocycles. The monoisotopic (exact) mass is 465 g/mol. The van der Waals surface area contributed by atoms with Crippen molar-refractivity contribution in [1.82, 2.24) is 5.32 Å². The molecule has 0 amide bonds. The van der Waals surface area contributed by atoms with Gasteiger partial charge in [0.2, 0.25) is 0 Å². The van der Waals surface area contributed by atoms with Crippen molar-refractivity contribution in [2.24, 2.45) is 16.6 Å². The Morgan fingerprint density at radius 1 is 1.21 bits per heavy atom. The molecule has 1 aromatic carbocycles. The predicted octanol–water partition coefficient (Wildman–Crippen LogP) is 3.67. The fourth-order valence-corrected chi connectivity index (χ4v) is 3.31. The average molecular weight is 465 g/mol. The van der Waals surface area contributed by atoms with Crippen LogP contribution >= 0.6 is 24.0 Å². The van der Waals surface area contributed by atoms with Gasteiger partial charge in [-0.1, -0.05) is 57.0 Å². The zero-order valence-corrected chi connectivity index (χ0v) is 18.2. The predicted molar refractivity (Wildman–Crippen MR) is 116 cm³/mol. The molecule has 1 rings (SSSR count). The van der Waals surface area contributed by atoms with Crippen LogP contribution in [0.2, 0.25) is 0 Å². The SMILES string of the molecule is CC(C)CCCC(C)NC(N)=NCCS(=O)Cc1ccccc1.I. The van der Waals surface area contributed by atoms with Crippen molar-refractivity contribution < 1.29 is 4.21 Å². The van der Waals surface area contributed by atoms with Crippen molar-refractivity contribution in [3.8, 4) is 0 Å². The van der Waals surface area contributed by atoms with Crippen molar-refractivity contribution >= 4 is 40.7 Å². The van der Waals surface area contributed by atoms with E-state index in [-0.39, 0.29) is 24.0 Å². The van der Waals surface area contributed by atoms with Gasteiger partial charge in [-0.15, -0.1) is 24.0 Å². The maximum Gasteiger partial charge on any atom is 0.188 e. The molecule has 0 aliphatic heterocycles. The fourth-order valence-electron chi connectivity index (χ4n) is 2.30. The van der Waals surface area contributed by atoms with Gasteiger partial charge in [0.15, 0.2) is 5.96 Å². The summed E-state index contributed by atoms with van der Waals surface area (Å²) in [7, 11) is -0.901. The number of hydrogen-bond acceptors (Lipinski definition) is 2. The van der Waals surface area contributed by atoms with E-state index >= 15 is 0 Å². The molecule has 138 valence electrons. The van der Waals surface area contributed by atoms with E-state index < -0.39 is 10.8 Å². The van der Waals surface area contributed by atoms with Gasteiger partial charge in [-0.2, -0.15) is 0 Å². The molecular weight excluding hydrogens is 433 g/mol. The van der Waals surface area contributed by atoms with Crippen LogP contribution < -0.4 is 11.1 Å². The minimum Gasteiger partial charge on any atom is -0.370 e. The number of rotatable bonds is 10. The topological polar surface area (TPSA) is 67.5 Å². The van der Waals surface area contributed by atoms with Gasteiger partial charge in [-0.3, -0.25) is 9.20 Å². The molecule has 0 fully saturated rings. The maximum atomic E-state index is 12.0. The third kappa shape index (κ3) is 11.8. The highest BCUT2D eigenvalue weighted by Gasteiger charge is 2.04. The van der Waals surface area contributed by atoms with Gasteiger partial charge in [0.1, 0.15) is 0 Å². The Kier molecular flexibility index (Phi) is 13.3. The van der Waals surface area contributed by atoms with Crippen molar-refractivity contribution in [2.45, 2.75) is 51.8 Å². The number of hydrogen-bond donors (Lipinski definition) is 2. The van der Waals surface area contributed by atoms with Gasteiger partial charge in [0.25, 0.3) is 0 Å². The standard InChI is InChI=1S/C18H31N3OS.HI/c1-15(2)8-7-9-16(3)21-18(19)20-12-13-23(22)14-17-10-5-4-6-11-17;/h4-6,10-11,15-16H,7-9,12-14H2,1-3H3,(H3,19,20,21);1H. The smallest absolute Gasteiger partial charge is 0.188 e. The van der Waals surface area contributed by atoms with E-state index in [0.717, 1.165) is 17.9 Å². The van der Waals surface area contributed by atoms with Gasteiger partial charge in [-0.05, 0) is 24.8 Å². The summed E-state index contributed by atoms with van der Waals surface area (Å²) in [4.78, 5) is 4.28. The molecule has 1 aromatic rings. The van der Waals surface area contributed by atoms with Crippen molar-refractivity contribution in [2.75, 3.05) is 12.3 Å². The van der Waals surface area contributed by atoms with Crippen LogP contribution in [0.15, 0.2) is 35.3 Å². The third-order valence-corrected chi connectivity index (χ3v) is 4.88. The summed E-state index contributed by atoms with van der Waals surface area (Å²) < 4.78 is 12.0. The Hall–Kier alpha value is -0.630. The zero-order chi connectivity index (χ0) is 17.1. The Morgan fingerprint density at radius 2 is 1.88 bits per heavy atom. The van der Waals surface area contributed by atoms with Crippen molar-refractivity contribution in [3.05, 3.63) is 35.9 Å². The van der Waals surface area contributed by atoms with E-state index in [1.165, 1.54) is 12.8 Å². The Balaban J connectivity index is 0.00000529. The summed E-state index contributed by atoms with van der Waals surface area (Å²) in [6.45, 7) is 7.10. The second kappa shape index (κ2) is 13.6. The van der Waals surface area contributed by atoms with E-state index in [2.05, 4.69) is 31.1 Å². The number of nitrogens with one attached hydrogen (secondary N) is 1. The van der Waals surface area contributed by atoms with E-state index in [1.54, 1.807) is 0 Å². The molecule has 2 atom stereocenters. The average Bonchev–Trinajstić information content (AvgIpc) is 2.47. The minimum atomic E-state index is -0.901. The Bertz CT molecular complexity index is 494. The lowest BCUT2D eigenvalue weighted by atomic mass is 10.0. The molecule has 0 radical (unpaired) electrons. The summed E-state index contributed by atoms with van der Waals surface area (Å²) in [5.41, 5.74) is 6.98. The van der Waals surface area contributed by atoms with E-state index in [9.17, 15) is 4.21 Å². The Labute approximate surface area is 166 Å². The van der Waals surface area contributed by atoms with Gasteiger partial charge in [-0.25, -0.2) is 0 Å². The molecule has 3 N–H and O–H groups in total. The molecule has 2 unspecified atom stereocenters. The third-order valence-electron chi connectivity index (χ3n) is 3.58. The molecule has 0 spiro atoms. The zero-order valence-electron chi connectivity index (χ0n) is 15.0. The molecule has 6 heteroatoms. The van der Waals surface area contributed by atoms with E-state index in [4.69, 9.17) is 5.73 Å². The lowest BCUT2D eigenvalue weighted by Crippen LogP contribution is -2.38. The van der Waals surface area contributed by atoms with Gasteiger partial charge in [0, 0.05) is 28.3 Å². The van der Waals surface area contributed by atoms with Crippen LogP contribution in [-0.2, 0) is 16.6 Å². The van der Waals surface area contributed by atoms with Crippen LogP contribution in [0, 0.1) is 5.92 Å². The molecular formula is C18H32IN3OS. The summed E-state index contributed by atoms with van der Waals surface area (Å²) in [5.74, 6) is 2.32. The van der Waals surface area contributed by atoms with E-state index in [1.807, 2.05) is 30.3 Å². The van der Waals surface area contributed by atoms with Gasteiger partial charge in [0.05, 0.1) is 6.54 Å². The second-order valence-corrected chi connectivity index (χ2v) is 7.99. The highest BCUT2D eigenvalue weighted by Crippen LogP contribution is 2.08. The Morgan fingerprint density at radius 3 is 2.50 bits per heavy atom. The van der Waals surface area contributed by atoms with Crippen LogP contribution in [0.5, 0.6) is 0 Å². The largest absolute Gasteiger partial charge is 0.370 e. The summed E-state index contributed by atoms with van der Waals surface area (Å²) in [6.07, 6.45) is 3.52. The number of benzene rings is 1. The fraction of sp³-hybridized carbons (Fsp3) is 0.611. The number of aliphatic imine (C=N–C) groups is 1. The van der Waals surface area contributed by atoms with Crippen LogP contribution in [-0.4, -0.2) is 28.5 Å². The lowest BCUT2D eigenvalue weighted by Gasteiger charge is -2.15. The minimum absolute atomic E-state index is 0. The first-order valence-corrected chi connectivity index (χ1v) is 9.91. The molecule has 4 nitrogen and oxygen atoms in total. The van der Waals surface area contributed by atoms with Crippen LogP contribution in [0.3, 0.4) is 0 Å². The highest BCUT2D eigenvalue weighted by molar-refractivity contribution is 14.0. The second-order valence-electron chi connectivity index (χ2n) is 6.41. The first-order chi connectivity index (χ1) is 11.0. The quantitative estimate of drug-likeness (QED) is 0.315. The molecule has 0 aromatic heterocycles. The van der Waals surface area contributed by atoms with Crippen molar-refractivity contribution in [3.63, 3.8) is 0 Å². The first kappa shape index (κ1) is 23.4.